The molecule has 1 aliphatic heterocycles. The Morgan fingerprint density at radius 3 is 2.89 bits per heavy atom. The van der Waals surface area contributed by atoms with Gasteiger partial charge in [-0.05, 0) is 24.3 Å². The van der Waals surface area contributed by atoms with Gasteiger partial charge in [-0.3, -0.25) is 14.4 Å². The maximum absolute atomic E-state index is 14.5. The zero-order chi connectivity index (χ0) is 26.6. The van der Waals surface area contributed by atoms with Crippen molar-refractivity contribution >= 4 is 16.9 Å². The van der Waals surface area contributed by atoms with E-state index in [2.05, 4.69) is 31.0 Å². The van der Waals surface area contributed by atoms with Crippen LogP contribution in [0.15, 0.2) is 49.2 Å². The molecule has 3 aromatic heterocycles. The first kappa shape index (κ1) is 25.0. The van der Waals surface area contributed by atoms with Gasteiger partial charge in [-0.1, -0.05) is 0 Å². The minimum Gasteiger partial charge on any atom is -0.394 e. The zero-order valence-corrected chi connectivity index (χ0v) is 20.3. The zero-order valence-electron chi connectivity index (χ0n) is 20.3. The molecule has 192 valence electrons. The Labute approximate surface area is 217 Å². The molecule has 0 radical (unpaired) electrons. The fraction of sp³-hybridized carbons (Fsp3) is 0.308. The summed E-state index contributed by atoms with van der Waals surface area (Å²) < 4.78 is 16.2. The van der Waals surface area contributed by atoms with Crippen molar-refractivity contribution in [2.45, 2.75) is 18.5 Å². The van der Waals surface area contributed by atoms with Crippen molar-refractivity contribution < 1.29 is 14.3 Å². The summed E-state index contributed by atoms with van der Waals surface area (Å²) in [6.07, 6.45) is 7.05. The Kier molecular flexibility index (Phi) is 7.09. The van der Waals surface area contributed by atoms with Crippen molar-refractivity contribution in [3.63, 3.8) is 0 Å². The van der Waals surface area contributed by atoms with Crippen molar-refractivity contribution in [1.29, 1.82) is 10.5 Å². The molecule has 1 amide bonds. The highest BCUT2D eigenvalue weighted by Gasteiger charge is 2.33. The lowest BCUT2D eigenvalue weighted by atomic mass is 10.1. The molecule has 4 aromatic rings. The Bertz CT molecular complexity index is 1550. The van der Waals surface area contributed by atoms with E-state index in [1.165, 1.54) is 23.4 Å². The first-order chi connectivity index (χ1) is 18.5. The van der Waals surface area contributed by atoms with E-state index in [-0.39, 0.29) is 36.7 Å². The number of fused-ring (bicyclic) bond motifs is 1. The van der Waals surface area contributed by atoms with Crippen LogP contribution in [0.1, 0.15) is 28.4 Å². The van der Waals surface area contributed by atoms with Crippen molar-refractivity contribution in [2.24, 2.45) is 0 Å². The number of nitrogens with one attached hydrogen (secondary N) is 1. The van der Waals surface area contributed by atoms with Gasteiger partial charge in [0.1, 0.15) is 17.8 Å². The normalized spacial score (nSPS) is 16.7. The lowest BCUT2D eigenvalue weighted by molar-refractivity contribution is 0.0263. The van der Waals surface area contributed by atoms with Crippen LogP contribution >= 0.6 is 0 Å². The molecule has 2 N–H and O–H groups in total. The highest BCUT2D eigenvalue weighted by Crippen LogP contribution is 2.26. The minimum absolute atomic E-state index is 0.130. The Hall–Kier alpha value is -4.65. The number of hydrogen-bond acceptors (Lipinski definition) is 8. The first-order valence-electron chi connectivity index (χ1n) is 12.1. The van der Waals surface area contributed by atoms with Gasteiger partial charge in [-0.15, -0.1) is 0 Å². The van der Waals surface area contributed by atoms with E-state index >= 15 is 0 Å². The second kappa shape index (κ2) is 10.8. The van der Waals surface area contributed by atoms with Crippen LogP contribution in [0.5, 0.6) is 0 Å². The highest BCUT2D eigenvalue weighted by molar-refractivity contribution is 5.95. The molecule has 11 nitrogen and oxygen atoms in total. The van der Waals surface area contributed by atoms with Gasteiger partial charge in [0.2, 0.25) is 0 Å². The molecule has 12 heteroatoms. The average Bonchev–Trinajstić information content (AvgIpc) is 3.62. The molecule has 2 atom stereocenters. The van der Waals surface area contributed by atoms with Crippen LogP contribution in [0, 0.1) is 28.5 Å². The molecule has 38 heavy (non-hydrogen) atoms. The van der Waals surface area contributed by atoms with E-state index in [1.807, 2.05) is 18.3 Å². The van der Waals surface area contributed by atoms with E-state index in [4.69, 9.17) is 5.26 Å². The third kappa shape index (κ3) is 4.83. The van der Waals surface area contributed by atoms with E-state index in [1.54, 1.807) is 17.1 Å². The number of piperazine rings is 1. The maximum atomic E-state index is 14.5. The fourth-order valence-corrected chi connectivity index (χ4v) is 4.83. The van der Waals surface area contributed by atoms with Gasteiger partial charge in [-0.25, -0.2) is 14.4 Å². The van der Waals surface area contributed by atoms with E-state index in [0.29, 0.717) is 19.6 Å². The predicted molar refractivity (Wildman–Crippen MR) is 134 cm³/mol. The highest BCUT2D eigenvalue weighted by atomic mass is 19.1. The number of carbonyl (C=O) groups excluding carboxylic acids is 1. The molecule has 0 aliphatic carbocycles. The lowest BCUT2D eigenvalue weighted by Crippen LogP contribution is -2.57. The molecular weight excluding hydrogens is 489 g/mol. The summed E-state index contributed by atoms with van der Waals surface area (Å²) >= 11 is 0. The SMILES string of the molecule is N#CCC(CN1CCN(C(=O)c2ccc(C#N)cc2F)C(CO)C1)n1cc(-c2ncnc3[nH]ccc23)cn1. The molecule has 0 saturated carbocycles. The molecule has 1 aromatic carbocycles. The summed E-state index contributed by atoms with van der Waals surface area (Å²) in [5.41, 5.74) is 2.25. The van der Waals surface area contributed by atoms with Crippen LogP contribution in [0.25, 0.3) is 22.3 Å². The van der Waals surface area contributed by atoms with Crippen LogP contribution in [0.3, 0.4) is 0 Å². The molecule has 1 aliphatic rings. The summed E-state index contributed by atoms with van der Waals surface area (Å²) in [6.45, 7) is 1.29. The molecule has 4 heterocycles. The Balaban J connectivity index is 1.30. The van der Waals surface area contributed by atoms with Crippen LogP contribution in [-0.4, -0.2) is 84.4 Å². The van der Waals surface area contributed by atoms with Crippen molar-refractivity contribution in [3.8, 4) is 23.4 Å². The minimum atomic E-state index is -0.766. The molecule has 1 fully saturated rings. The summed E-state index contributed by atoms with van der Waals surface area (Å²) in [5.74, 6) is -1.30. The van der Waals surface area contributed by atoms with Gasteiger partial charge >= 0.3 is 0 Å². The average molecular weight is 514 g/mol. The molecule has 0 bridgehead atoms. The fourth-order valence-electron chi connectivity index (χ4n) is 4.83. The first-order valence-corrected chi connectivity index (χ1v) is 12.1. The second-order valence-electron chi connectivity index (χ2n) is 9.09. The Morgan fingerprint density at radius 1 is 1.26 bits per heavy atom. The topological polar surface area (TPSA) is 151 Å². The van der Waals surface area contributed by atoms with Gasteiger partial charge in [0.25, 0.3) is 5.91 Å². The van der Waals surface area contributed by atoms with Gasteiger partial charge in [-0.2, -0.15) is 15.6 Å². The Morgan fingerprint density at radius 2 is 2.13 bits per heavy atom. The lowest BCUT2D eigenvalue weighted by Gasteiger charge is -2.41. The standard InChI is InChI=1S/C26H24FN9O2/c27-23-9-17(10-29)1-2-21(23)26(38)35-8-7-34(14-20(35)15-37)13-19(3-5-28)36-12-18(11-33-36)24-22-4-6-30-25(22)32-16-31-24/h1-2,4,6,9,11-12,16,19-20,37H,3,7-8,13-15H2,(H,30,31,32). The number of benzene rings is 1. The van der Waals surface area contributed by atoms with Gasteiger partial charge in [0, 0.05) is 49.5 Å². The number of halogens is 1. The van der Waals surface area contributed by atoms with Crippen LogP contribution in [0.2, 0.25) is 0 Å². The molecule has 0 spiro atoms. The largest absolute Gasteiger partial charge is 0.394 e. The number of hydrogen-bond donors (Lipinski definition) is 2. The number of nitriles is 2. The predicted octanol–water partition coefficient (Wildman–Crippen LogP) is 2.11. The smallest absolute Gasteiger partial charge is 0.257 e. The quantitative estimate of drug-likeness (QED) is 0.381. The molecular formula is C26H24FN9O2. The van der Waals surface area contributed by atoms with Gasteiger partial charge in [0.15, 0.2) is 0 Å². The van der Waals surface area contributed by atoms with Crippen LogP contribution < -0.4 is 0 Å². The second-order valence-corrected chi connectivity index (χ2v) is 9.09. The summed E-state index contributed by atoms with van der Waals surface area (Å²) in [7, 11) is 0. The number of rotatable bonds is 7. The molecule has 2 unspecified atom stereocenters. The van der Waals surface area contributed by atoms with Crippen molar-refractivity contribution in [3.05, 3.63) is 66.1 Å². The van der Waals surface area contributed by atoms with Gasteiger partial charge in [0.05, 0.1) is 60.3 Å². The summed E-state index contributed by atoms with van der Waals surface area (Å²) in [6, 6.07) is 8.88. The number of aliphatic hydroxyl groups excluding tert-OH is 1. The number of aromatic amines is 1. The number of H-pyrrole nitrogens is 1. The monoisotopic (exact) mass is 513 g/mol. The summed E-state index contributed by atoms with van der Waals surface area (Å²) in [5, 5.41) is 33.8. The van der Waals surface area contributed by atoms with Gasteiger partial charge < -0.3 is 15.0 Å². The van der Waals surface area contributed by atoms with Crippen LogP contribution in [0.4, 0.5) is 4.39 Å². The van der Waals surface area contributed by atoms with E-state index in [0.717, 1.165) is 28.4 Å². The number of aliphatic hydroxyl groups is 1. The molecule has 1 saturated heterocycles. The molecule has 5 rings (SSSR count). The third-order valence-electron chi connectivity index (χ3n) is 6.77. The van der Waals surface area contributed by atoms with Crippen LogP contribution in [-0.2, 0) is 0 Å². The number of nitrogens with zero attached hydrogens (tertiary/aromatic N) is 8. The van der Waals surface area contributed by atoms with Crippen molar-refractivity contribution in [2.75, 3.05) is 32.8 Å². The van der Waals surface area contributed by atoms with E-state index < -0.39 is 17.8 Å². The van der Waals surface area contributed by atoms with E-state index in [9.17, 15) is 19.6 Å². The maximum Gasteiger partial charge on any atom is 0.257 e. The summed E-state index contributed by atoms with van der Waals surface area (Å²) in [4.78, 5) is 28.3. The third-order valence-corrected chi connectivity index (χ3v) is 6.77. The van der Waals surface area contributed by atoms with Crippen molar-refractivity contribution in [1.82, 2.24) is 34.5 Å². The number of aromatic nitrogens is 5. The number of carbonyl (C=O) groups is 1. The number of amides is 1.